The van der Waals surface area contributed by atoms with Crippen LogP contribution in [0.5, 0.6) is 0 Å². The van der Waals surface area contributed by atoms with Gasteiger partial charge in [0.15, 0.2) is 0 Å². The van der Waals surface area contributed by atoms with E-state index in [0.717, 1.165) is 11.1 Å². The summed E-state index contributed by atoms with van der Waals surface area (Å²) in [6, 6.07) is 17.9. The van der Waals surface area contributed by atoms with Gasteiger partial charge in [-0.15, -0.1) is 24.0 Å². The first-order chi connectivity index (χ1) is 14.0. The van der Waals surface area contributed by atoms with Crippen molar-refractivity contribution in [3.63, 3.8) is 0 Å². The number of rotatable bonds is 11. The molecule has 2 unspecified atom stereocenters. The van der Waals surface area contributed by atoms with Crippen LogP contribution in [0.25, 0.3) is 0 Å². The summed E-state index contributed by atoms with van der Waals surface area (Å²) in [7, 11) is 1.87. The Labute approximate surface area is 197 Å². The fourth-order valence-corrected chi connectivity index (χ4v) is 6.44. The lowest BCUT2D eigenvalue weighted by Gasteiger charge is -2.38. The van der Waals surface area contributed by atoms with Crippen molar-refractivity contribution in [3.8, 4) is 0 Å². The fraction of sp³-hybridized carbons (Fsp3) is 0.318. The molecule has 0 bridgehead atoms. The minimum absolute atomic E-state index is 0. The Morgan fingerprint density at radius 1 is 1.03 bits per heavy atom. The third-order valence-electron chi connectivity index (χ3n) is 5.07. The first-order valence-corrected chi connectivity index (χ1v) is 11.3. The molecule has 1 amide bonds. The molecule has 2 aromatic rings. The zero-order chi connectivity index (χ0) is 21.3. The number of hydrogen-bond donors (Lipinski definition) is 2. The molecule has 0 radical (unpaired) electrons. The summed E-state index contributed by atoms with van der Waals surface area (Å²) >= 11 is 0. The average Bonchev–Trinajstić information content (AvgIpc) is 2.77. The second-order valence-corrected chi connectivity index (χ2v) is 9.78. The summed E-state index contributed by atoms with van der Waals surface area (Å²) in [5, 5.41) is 2.77. The van der Waals surface area contributed by atoms with Gasteiger partial charge in [0.25, 0.3) is 0 Å². The molecular weight excluding hydrogens is 511 g/mol. The number of hydrogen-bond acceptors (Lipinski definition) is 5. The van der Waals surface area contributed by atoms with Crippen molar-refractivity contribution in [2.75, 3.05) is 33.2 Å². The molecule has 2 aromatic carbocycles. The molecule has 30 heavy (non-hydrogen) atoms. The Morgan fingerprint density at radius 3 is 2.03 bits per heavy atom. The summed E-state index contributed by atoms with van der Waals surface area (Å²) < 4.78 is 17.5. The number of nitrogens with one attached hydrogen (secondary N) is 1. The maximum absolute atomic E-state index is 11.6. The zero-order valence-electron chi connectivity index (χ0n) is 17.7. The van der Waals surface area contributed by atoms with Crippen LogP contribution in [0.1, 0.15) is 23.5 Å². The van der Waals surface area contributed by atoms with E-state index >= 15 is 0 Å². The van der Waals surface area contributed by atoms with Crippen LogP contribution < -0.4 is 11.1 Å². The number of carbonyl (C=O) groups excluding carboxylic acids is 1. The Hall–Kier alpha value is -1.56. The molecule has 0 saturated carbocycles. The van der Waals surface area contributed by atoms with E-state index in [0.29, 0.717) is 18.7 Å². The van der Waals surface area contributed by atoms with E-state index in [-0.39, 0.29) is 41.3 Å². The molecule has 2 atom stereocenters. The largest absolute Gasteiger partial charge is 0.504 e. The molecule has 3 N–H and O–H groups in total. The van der Waals surface area contributed by atoms with E-state index in [2.05, 4.69) is 24.0 Å². The van der Waals surface area contributed by atoms with Gasteiger partial charge in [-0.1, -0.05) is 49.0 Å². The van der Waals surface area contributed by atoms with Gasteiger partial charge in [0.2, 0.25) is 5.91 Å². The molecule has 0 fully saturated rings. The number of carbonyl (C=O) groups is 1. The van der Waals surface area contributed by atoms with Crippen molar-refractivity contribution in [2.45, 2.75) is 17.9 Å². The quantitative estimate of drug-likeness (QED) is 0.253. The van der Waals surface area contributed by atoms with Gasteiger partial charge in [0.1, 0.15) is 0 Å². The van der Waals surface area contributed by atoms with E-state index in [1.54, 1.807) is 21.3 Å². The highest BCUT2D eigenvalue weighted by Crippen LogP contribution is 2.44. The predicted molar refractivity (Wildman–Crippen MR) is 133 cm³/mol. The Morgan fingerprint density at radius 2 is 1.57 bits per heavy atom. The van der Waals surface area contributed by atoms with Crippen LogP contribution in [0, 0.1) is 0 Å². The summed E-state index contributed by atoms with van der Waals surface area (Å²) in [5.41, 5.74) is 8.79. The SMILES string of the molecule is C=CC(=O)Nc1ccc(C(c2ccccc2)C(CCN)[Si](OC)(OC)OC)cc1.I. The van der Waals surface area contributed by atoms with E-state index in [9.17, 15) is 4.79 Å². The minimum Gasteiger partial charge on any atom is -0.377 e. The molecule has 6 nitrogen and oxygen atoms in total. The number of amides is 1. The van der Waals surface area contributed by atoms with Crippen molar-refractivity contribution in [2.24, 2.45) is 5.73 Å². The van der Waals surface area contributed by atoms with Crippen LogP contribution in [0.3, 0.4) is 0 Å². The Kier molecular flexibility index (Phi) is 11.5. The first kappa shape index (κ1) is 26.5. The number of anilines is 1. The zero-order valence-corrected chi connectivity index (χ0v) is 21.0. The summed E-state index contributed by atoms with van der Waals surface area (Å²) in [4.78, 5) is 11.6. The standard InChI is InChI=1S/C22H30N2O4Si.HI/c1-5-21(25)24-19-13-11-18(12-14-19)22(17-9-7-6-8-10-17)20(15-16-23)29(26-2,27-3)28-4;/h5-14,20,22H,1,15-16,23H2,2-4H3,(H,24,25);1H. The van der Waals surface area contributed by atoms with Gasteiger partial charge in [0.05, 0.1) is 0 Å². The smallest absolute Gasteiger partial charge is 0.377 e. The van der Waals surface area contributed by atoms with Gasteiger partial charge in [-0.05, 0) is 42.3 Å². The van der Waals surface area contributed by atoms with Gasteiger partial charge in [0, 0.05) is 38.5 Å². The van der Waals surface area contributed by atoms with E-state index < -0.39 is 8.80 Å². The second kappa shape index (κ2) is 13.0. The maximum Gasteiger partial charge on any atom is 0.504 e. The Bertz CT molecular complexity index is 777. The highest BCUT2D eigenvalue weighted by molar-refractivity contribution is 14.0. The molecule has 0 aliphatic heterocycles. The third kappa shape index (κ3) is 6.22. The van der Waals surface area contributed by atoms with Gasteiger partial charge in [-0.3, -0.25) is 4.79 Å². The second-order valence-electron chi connectivity index (χ2n) is 6.60. The normalized spacial score (nSPS) is 13.1. The van der Waals surface area contributed by atoms with E-state index in [4.69, 9.17) is 19.0 Å². The minimum atomic E-state index is -3.01. The van der Waals surface area contributed by atoms with Gasteiger partial charge >= 0.3 is 8.80 Å². The lowest BCUT2D eigenvalue weighted by atomic mass is 9.86. The summed E-state index contributed by atoms with van der Waals surface area (Å²) in [6.45, 7) is 3.96. The highest BCUT2D eigenvalue weighted by Gasteiger charge is 2.51. The van der Waals surface area contributed by atoms with Gasteiger partial charge < -0.3 is 24.3 Å². The molecular formula is C22H31IN2O4Si. The van der Waals surface area contributed by atoms with Crippen LogP contribution in [-0.2, 0) is 18.1 Å². The van der Waals surface area contributed by atoms with Crippen LogP contribution in [0.4, 0.5) is 5.69 Å². The number of nitrogens with two attached hydrogens (primary N) is 1. The van der Waals surface area contributed by atoms with Crippen molar-refractivity contribution >= 4 is 44.4 Å². The topological polar surface area (TPSA) is 82.8 Å². The fourth-order valence-electron chi connectivity index (χ4n) is 3.72. The lowest BCUT2D eigenvalue weighted by Crippen LogP contribution is -2.50. The van der Waals surface area contributed by atoms with E-state index in [1.807, 2.05) is 42.5 Å². The summed E-state index contributed by atoms with van der Waals surface area (Å²) in [6.07, 6.45) is 1.92. The van der Waals surface area contributed by atoms with Gasteiger partial charge in [-0.2, -0.15) is 0 Å². The Balaban J connectivity index is 0.00000450. The van der Waals surface area contributed by atoms with Crippen molar-refractivity contribution in [1.82, 2.24) is 0 Å². The van der Waals surface area contributed by atoms with Crippen molar-refractivity contribution in [3.05, 3.63) is 78.4 Å². The molecule has 8 heteroatoms. The first-order valence-electron chi connectivity index (χ1n) is 9.49. The van der Waals surface area contributed by atoms with Crippen LogP contribution >= 0.6 is 24.0 Å². The monoisotopic (exact) mass is 542 g/mol. The maximum atomic E-state index is 11.6. The van der Waals surface area contributed by atoms with Crippen LogP contribution in [0.2, 0.25) is 5.54 Å². The molecule has 0 saturated heterocycles. The molecule has 2 rings (SSSR count). The molecule has 0 aliphatic carbocycles. The molecule has 0 aromatic heterocycles. The highest BCUT2D eigenvalue weighted by atomic mass is 127. The van der Waals surface area contributed by atoms with Crippen molar-refractivity contribution < 1.29 is 18.1 Å². The van der Waals surface area contributed by atoms with Crippen LogP contribution in [-0.4, -0.2) is 42.6 Å². The van der Waals surface area contributed by atoms with Crippen molar-refractivity contribution in [1.29, 1.82) is 0 Å². The predicted octanol–water partition coefficient (Wildman–Crippen LogP) is 4.16. The number of halogens is 1. The third-order valence-corrected chi connectivity index (χ3v) is 8.31. The molecule has 0 spiro atoms. The molecule has 0 aliphatic rings. The lowest BCUT2D eigenvalue weighted by molar-refractivity contribution is -0.111. The van der Waals surface area contributed by atoms with Gasteiger partial charge in [-0.25, -0.2) is 0 Å². The number of benzene rings is 2. The molecule has 0 heterocycles. The molecule has 164 valence electrons. The van der Waals surface area contributed by atoms with Crippen LogP contribution in [0.15, 0.2) is 67.3 Å². The summed E-state index contributed by atoms with van der Waals surface area (Å²) in [5.74, 6) is -0.293. The van der Waals surface area contributed by atoms with E-state index in [1.165, 1.54) is 6.08 Å². The average molecular weight is 542 g/mol.